The lowest BCUT2D eigenvalue weighted by molar-refractivity contribution is -0.122. The standard InChI is InChI=1S/C23H24N2O4S/c1-5-15-6-9-17(10-7-15)25-22(27)18(21(26)24-23(25)30)12-16-8-11-19(29-14(2)3)20(13-16)28-4/h6-14H,5H2,1-4H3,(H,24,26,30)/b18-12+. The zero-order chi connectivity index (χ0) is 21.8. The molecule has 0 saturated carbocycles. The molecule has 0 aromatic heterocycles. The average molecular weight is 425 g/mol. The van der Waals surface area contributed by atoms with Crippen LogP contribution in [0.25, 0.3) is 6.08 Å². The van der Waals surface area contributed by atoms with Gasteiger partial charge >= 0.3 is 0 Å². The normalized spacial score (nSPS) is 15.6. The minimum Gasteiger partial charge on any atom is -0.493 e. The summed E-state index contributed by atoms with van der Waals surface area (Å²) in [4.78, 5) is 26.9. The molecule has 156 valence electrons. The number of anilines is 1. The van der Waals surface area contributed by atoms with Gasteiger partial charge in [0, 0.05) is 0 Å². The van der Waals surface area contributed by atoms with Gasteiger partial charge in [-0.15, -0.1) is 0 Å². The highest BCUT2D eigenvalue weighted by Gasteiger charge is 2.34. The van der Waals surface area contributed by atoms with Gasteiger partial charge in [-0.05, 0) is 74.0 Å². The Hall–Kier alpha value is -3.19. The van der Waals surface area contributed by atoms with Gasteiger partial charge in [-0.1, -0.05) is 25.1 Å². The first-order chi connectivity index (χ1) is 14.3. The van der Waals surface area contributed by atoms with Crippen LogP contribution in [0.5, 0.6) is 11.5 Å². The molecule has 1 saturated heterocycles. The number of carbonyl (C=O) groups is 2. The van der Waals surface area contributed by atoms with E-state index >= 15 is 0 Å². The van der Waals surface area contributed by atoms with Gasteiger partial charge in [0.15, 0.2) is 16.6 Å². The van der Waals surface area contributed by atoms with E-state index in [4.69, 9.17) is 21.7 Å². The molecule has 0 radical (unpaired) electrons. The Morgan fingerprint density at radius 2 is 1.80 bits per heavy atom. The van der Waals surface area contributed by atoms with Crippen molar-refractivity contribution < 1.29 is 19.1 Å². The van der Waals surface area contributed by atoms with E-state index in [9.17, 15) is 9.59 Å². The molecular formula is C23H24N2O4S. The Morgan fingerprint density at radius 3 is 2.40 bits per heavy atom. The summed E-state index contributed by atoms with van der Waals surface area (Å²) in [6.07, 6.45) is 2.40. The SMILES string of the molecule is CCc1ccc(N2C(=O)/C(=C/c3ccc(OC(C)C)c(OC)c3)C(=O)NC2=S)cc1. The molecule has 2 amide bonds. The van der Waals surface area contributed by atoms with Crippen LogP contribution in [-0.4, -0.2) is 30.1 Å². The van der Waals surface area contributed by atoms with Crippen LogP contribution in [0.15, 0.2) is 48.0 Å². The summed E-state index contributed by atoms with van der Waals surface area (Å²) in [7, 11) is 1.54. The molecule has 7 heteroatoms. The van der Waals surface area contributed by atoms with Gasteiger partial charge in [0.05, 0.1) is 18.9 Å². The quantitative estimate of drug-likeness (QED) is 0.433. The minimum absolute atomic E-state index is 0.0113. The fraction of sp³-hybridized carbons (Fsp3) is 0.261. The number of amides is 2. The molecule has 2 aromatic carbocycles. The van der Waals surface area contributed by atoms with Crippen LogP contribution in [0.2, 0.25) is 0 Å². The second kappa shape index (κ2) is 9.09. The van der Waals surface area contributed by atoms with Crippen LogP contribution in [0, 0.1) is 0 Å². The van der Waals surface area contributed by atoms with Crippen LogP contribution < -0.4 is 19.7 Å². The van der Waals surface area contributed by atoms with E-state index < -0.39 is 11.8 Å². The Kier molecular flexibility index (Phi) is 6.52. The van der Waals surface area contributed by atoms with E-state index in [-0.39, 0.29) is 16.8 Å². The fourth-order valence-electron chi connectivity index (χ4n) is 3.06. The number of carbonyl (C=O) groups excluding carboxylic acids is 2. The Balaban J connectivity index is 1.95. The predicted octanol–water partition coefficient (Wildman–Crippen LogP) is 3.88. The Bertz CT molecular complexity index is 1010. The largest absolute Gasteiger partial charge is 0.493 e. The number of benzene rings is 2. The van der Waals surface area contributed by atoms with Crippen molar-refractivity contribution in [2.24, 2.45) is 0 Å². The average Bonchev–Trinajstić information content (AvgIpc) is 2.72. The topological polar surface area (TPSA) is 67.9 Å². The summed E-state index contributed by atoms with van der Waals surface area (Å²) in [5.74, 6) is 0.0968. The maximum Gasteiger partial charge on any atom is 0.270 e. The fourth-order valence-corrected chi connectivity index (χ4v) is 3.35. The maximum absolute atomic E-state index is 13.1. The van der Waals surface area contributed by atoms with Gasteiger partial charge in [0.1, 0.15) is 5.57 Å². The molecule has 1 aliphatic heterocycles. The highest BCUT2D eigenvalue weighted by molar-refractivity contribution is 7.80. The molecule has 0 atom stereocenters. The Morgan fingerprint density at radius 1 is 1.10 bits per heavy atom. The second-order valence-corrected chi connectivity index (χ2v) is 7.44. The molecule has 1 N–H and O–H groups in total. The molecule has 2 aromatic rings. The van der Waals surface area contributed by atoms with Gasteiger partial charge < -0.3 is 9.47 Å². The molecule has 1 heterocycles. The zero-order valence-electron chi connectivity index (χ0n) is 17.4. The molecule has 0 unspecified atom stereocenters. The van der Waals surface area contributed by atoms with Gasteiger partial charge in [-0.2, -0.15) is 0 Å². The molecule has 0 aliphatic carbocycles. The predicted molar refractivity (Wildman–Crippen MR) is 121 cm³/mol. The van der Waals surface area contributed by atoms with Crippen molar-refractivity contribution in [3.63, 3.8) is 0 Å². The van der Waals surface area contributed by atoms with Gasteiger partial charge in [-0.3, -0.25) is 19.8 Å². The molecule has 30 heavy (non-hydrogen) atoms. The van der Waals surface area contributed by atoms with Crippen LogP contribution in [0.3, 0.4) is 0 Å². The summed E-state index contributed by atoms with van der Waals surface area (Å²) in [6, 6.07) is 12.7. The number of aryl methyl sites for hydroxylation is 1. The van der Waals surface area contributed by atoms with Crippen molar-refractivity contribution in [3.8, 4) is 11.5 Å². The summed E-state index contributed by atoms with van der Waals surface area (Å²) in [6.45, 7) is 5.90. The van der Waals surface area contributed by atoms with Crippen molar-refractivity contribution >= 4 is 40.9 Å². The van der Waals surface area contributed by atoms with E-state index in [1.54, 1.807) is 18.2 Å². The number of rotatable bonds is 6. The number of nitrogens with one attached hydrogen (secondary N) is 1. The number of methoxy groups -OCH3 is 1. The summed E-state index contributed by atoms with van der Waals surface area (Å²) in [5, 5.41) is 2.66. The summed E-state index contributed by atoms with van der Waals surface area (Å²) < 4.78 is 11.1. The maximum atomic E-state index is 13.1. The number of hydrogen-bond acceptors (Lipinski definition) is 5. The summed E-state index contributed by atoms with van der Waals surface area (Å²) in [5.41, 5.74) is 2.37. The van der Waals surface area contributed by atoms with Gasteiger partial charge in [0.2, 0.25) is 0 Å². The number of nitrogens with zero attached hydrogens (tertiary/aromatic N) is 1. The van der Waals surface area contributed by atoms with E-state index in [1.165, 1.54) is 18.1 Å². The first-order valence-corrected chi connectivity index (χ1v) is 10.1. The first kappa shape index (κ1) is 21.5. The monoisotopic (exact) mass is 424 g/mol. The van der Waals surface area contributed by atoms with Crippen LogP contribution in [0.4, 0.5) is 5.69 Å². The molecular weight excluding hydrogens is 400 g/mol. The Labute approximate surface area is 181 Å². The van der Waals surface area contributed by atoms with Crippen LogP contribution >= 0.6 is 12.2 Å². The zero-order valence-corrected chi connectivity index (χ0v) is 18.2. The number of hydrogen-bond donors (Lipinski definition) is 1. The smallest absolute Gasteiger partial charge is 0.270 e. The first-order valence-electron chi connectivity index (χ1n) is 9.69. The highest BCUT2D eigenvalue weighted by atomic mass is 32.1. The number of ether oxygens (including phenoxy) is 2. The lowest BCUT2D eigenvalue weighted by Gasteiger charge is -2.29. The van der Waals surface area contributed by atoms with Crippen molar-refractivity contribution in [1.82, 2.24) is 5.32 Å². The minimum atomic E-state index is -0.534. The lowest BCUT2D eigenvalue weighted by Crippen LogP contribution is -2.54. The summed E-state index contributed by atoms with van der Waals surface area (Å²) >= 11 is 5.25. The lowest BCUT2D eigenvalue weighted by atomic mass is 10.1. The third-order valence-corrected chi connectivity index (χ3v) is 4.85. The van der Waals surface area contributed by atoms with Crippen molar-refractivity contribution in [3.05, 3.63) is 59.2 Å². The molecule has 1 aliphatic rings. The second-order valence-electron chi connectivity index (χ2n) is 7.05. The van der Waals surface area contributed by atoms with E-state index in [1.807, 2.05) is 38.1 Å². The third kappa shape index (κ3) is 4.52. The van der Waals surface area contributed by atoms with Gasteiger partial charge in [0.25, 0.3) is 11.8 Å². The van der Waals surface area contributed by atoms with E-state index in [0.29, 0.717) is 22.7 Å². The molecule has 0 bridgehead atoms. The van der Waals surface area contributed by atoms with Crippen LogP contribution in [0.1, 0.15) is 31.9 Å². The van der Waals surface area contributed by atoms with Gasteiger partial charge in [-0.25, -0.2) is 0 Å². The molecule has 1 fully saturated rings. The third-order valence-electron chi connectivity index (χ3n) is 4.57. The molecule has 6 nitrogen and oxygen atoms in total. The van der Waals surface area contributed by atoms with Crippen molar-refractivity contribution in [2.75, 3.05) is 12.0 Å². The number of thiocarbonyl (C=S) groups is 1. The van der Waals surface area contributed by atoms with E-state index in [0.717, 1.165) is 12.0 Å². The molecule has 0 spiro atoms. The highest BCUT2D eigenvalue weighted by Crippen LogP contribution is 2.30. The van der Waals surface area contributed by atoms with Crippen molar-refractivity contribution in [1.29, 1.82) is 0 Å². The van der Waals surface area contributed by atoms with Crippen molar-refractivity contribution in [2.45, 2.75) is 33.3 Å². The van der Waals surface area contributed by atoms with E-state index in [2.05, 4.69) is 12.2 Å². The van der Waals surface area contributed by atoms with Crippen LogP contribution in [-0.2, 0) is 16.0 Å². The molecule has 3 rings (SSSR count).